The highest BCUT2D eigenvalue weighted by Gasteiger charge is 2.60. The summed E-state index contributed by atoms with van der Waals surface area (Å²) < 4.78 is 0. The maximum Gasteiger partial charge on any atom is 0.0724 e. The molecule has 2 N–H and O–H groups in total. The number of rotatable bonds is 0. The monoisotopic (exact) mass is 368 g/mol. The van der Waals surface area contributed by atoms with Crippen LogP contribution in [-0.4, -0.2) is 27.2 Å². The van der Waals surface area contributed by atoms with Crippen LogP contribution in [0, 0.1) is 34.5 Å². The van der Waals surface area contributed by atoms with Gasteiger partial charge in [-0.2, -0.15) is 0 Å². The summed E-state index contributed by atoms with van der Waals surface area (Å²) in [6.07, 6.45) is 10.6. The maximum atomic E-state index is 11.0. The van der Waals surface area contributed by atoms with E-state index in [1.807, 2.05) is 6.08 Å². The Morgan fingerprint density at radius 1 is 1.09 bits per heavy atom. The topological polar surface area (TPSA) is 40.5 Å². The van der Waals surface area contributed by atoms with E-state index in [1.54, 1.807) is 0 Å². The average Bonchev–Trinajstić information content (AvgIpc) is 2.75. The average molecular weight is 369 g/mol. The first-order valence-corrected chi connectivity index (χ1v) is 9.94. The molecule has 0 spiro atoms. The highest BCUT2D eigenvalue weighted by Crippen LogP contribution is 2.65. The summed E-state index contributed by atoms with van der Waals surface area (Å²) in [4.78, 5) is 0.627. The standard InChI is InChI=1S/C19H29BrO2/c1-18-5-4-14-17(15(18)9-12(20)10-18)16(22)8-11-7-13(21)3-6-19(11,14)2/h3,6,11-17,21-22H,4-5,7-10H2,1-2H3/t11-,12-,13-,14+,15+,16+,17-,18-,19+/m1/s1. The smallest absolute Gasteiger partial charge is 0.0724 e. The molecule has 0 aliphatic heterocycles. The lowest BCUT2D eigenvalue weighted by Crippen LogP contribution is -2.56. The highest BCUT2D eigenvalue weighted by molar-refractivity contribution is 9.09. The van der Waals surface area contributed by atoms with Crippen LogP contribution in [0.5, 0.6) is 0 Å². The van der Waals surface area contributed by atoms with E-state index < -0.39 is 0 Å². The van der Waals surface area contributed by atoms with Gasteiger partial charge in [-0.05, 0) is 73.0 Å². The molecule has 0 aromatic rings. The molecule has 0 saturated heterocycles. The van der Waals surface area contributed by atoms with Crippen LogP contribution in [-0.2, 0) is 0 Å². The number of hydrogen-bond donors (Lipinski definition) is 2. The molecule has 3 fully saturated rings. The quantitative estimate of drug-likeness (QED) is 0.502. The normalized spacial score (nSPS) is 60.5. The van der Waals surface area contributed by atoms with Gasteiger partial charge in [-0.25, -0.2) is 0 Å². The third-order valence-electron chi connectivity index (χ3n) is 7.90. The fraction of sp³-hybridized carbons (Fsp3) is 0.895. The van der Waals surface area contributed by atoms with E-state index in [-0.39, 0.29) is 17.6 Å². The fourth-order valence-corrected chi connectivity index (χ4v) is 7.88. The zero-order chi connectivity index (χ0) is 15.7. The van der Waals surface area contributed by atoms with Gasteiger partial charge in [0.1, 0.15) is 0 Å². The summed E-state index contributed by atoms with van der Waals surface area (Å²) in [5.74, 6) is 2.13. The maximum absolute atomic E-state index is 11.0. The molecule has 4 rings (SSSR count). The molecule has 3 heteroatoms. The number of alkyl halides is 1. The Hall–Kier alpha value is 0.140. The number of halogens is 1. The van der Waals surface area contributed by atoms with Crippen LogP contribution in [0.3, 0.4) is 0 Å². The van der Waals surface area contributed by atoms with Crippen molar-refractivity contribution < 1.29 is 10.2 Å². The van der Waals surface area contributed by atoms with E-state index in [1.165, 1.54) is 25.7 Å². The Bertz CT molecular complexity index is 492. The third kappa shape index (κ3) is 2.11. The van der Waals surface area contributed by atoms with Gasteiger partial charge in [0.25, 0.3) is 0 Å². The zero-order valence-corrected chi connectivity index (χ0v) is 15.3. The summed E-state index contributed by atoms with van der Waals surface area (Å²) in [6, 6.07) is 0. The SMILES string of the molecule is C[C@]12CC[C@H]3[C@@H]([C@@H](O)C[C@H]4C[C@H](O)C=C[C@@]43C)[C@@H]1C[C@@H](Br)C2. The molecule has 0 bridgehead atoms. The van der Waals surface area contributed by atoms with Crippen LogP contribution < -0.4 is 0 Å². The number of hydrogen-bond acceptors (Lipinski definition) is 2. The molecule has 4 aliphatic carbocycles. The molecule has 2 nitrogen and oxygen atoms in total. The predicted molar refractivity (Wildman–Crippen MR) is 91.7 cm³/mol. The Morgan fingerprint density at radius 3 is 2.64 bits per heavy atom. The highest BCUT2D eigenvalue weighted by atomic mass is 79.9. The van der Waals surface area contributed by atoms with Crippen molar-refractivity contribution in [1.29, 1.82) is 0 Å². The lowest BCUT2D eigenvalue weighted by atomic mass is 9.46. The van der Waals surface area contributed by atoms with Crippen molar-refractivity contribution in [3.05, 3.63) is 12.2 Å². The minimum Gasteiger partial charge on any atom is -0.393 e. The van der Waals surface area contributed by atoms with Gasteiger partial charge in [0.15, 0.2) is 0 Å². The fourth-order valence-electron chi connectivity index (χ4n) is 6.73. The summed E-state index contributed by atoms with van der Waals surface area (Å²) >= 11 is 3.86. The van der Waals surface area contributed by atoms with E-state index in [9.17, 15) is 10.2 Å². The van der Waals surface area contributed by atoms with Crippen LogP contribution in [0.4, 0.5) is 0 Å². The lowest BCUT2D eigenvalue weighted by Gasteiger charge is -2.60. The van der Waals surface area contributed by atoms with Gasteiger partial charge < -0.3 is 10.2 Å². The molecule has 124 valence electrons. The number of allylic oxidation sites excluding steroid dienone is 1. The Labute approximate surface area is 142 Å². The van der Waals surface area contributed by atoms with Crippen molar-refractivity contribution in [2.45, 2.75) is 69.4 Å². The van der Waals surface area contributed by atoms with Gasteiger partial charge in [-0.1, -0.05) is 41.9 Å². The Morgan fingerprint density at radius 2 is 1.86 bits per heavy atom. The van der Waals surface area contributed by atoms with E-state index >= 15 is 0 Å². The number of aliphatic hydroxyl groups is 2. The molecule has 0 unspecified atom stereocenters. The summed E-state index contributed by atoms with van der Waals surface area (Å²) in [6.45, 7) is 4.85. The van der Waals surface area contributed by atoms with Crippen LogP contribution in [0.1, 0.15) is 52.4 Å². The number of aliphatic hydroxyl groups excluding tert-OH is 2. The van der Waals surface area contributed by atoms with Gasteiger partial charge in [-0.15, -0.1) is 0 Å². The predicted octanol–water partition coefficient (Wildman–Crippen LogP) is 3.90. The first kappa shape index (κ1) is 15.7. The zero-order valence-electron chi connectivity index (χ0n) is 13.7. The van der Waals surface area contributed by atoms with Crippen molar-refractivity contribution >= 4 is 15.9 Å². The molecule has 3 saturated carbocycles. The molecular formula is C19H29BrO2. The largest absolute Gasteiger partial charge is 0.393 e. The van der Waals surface area contributed by atoms with Gasteiger partial charge in [0, 0.05) is 4.83 Å². The van der Waals surface area contributed by atoms with Crippen molar-refractivity contribution in [3.63, 3.8) is 0 Å². The Kier molecular flexibility index (Phi) is 3.61. The summed E-state index contributed by atoms with van der Waals surface area (Å²) in [7, 11) is 0. The lowest BCUT2D eigenvalue weighted by molar-refractivity contribution is -0.137. The third-order valence-corrected chi connectivity index (χ3v) is 8.60. The minimum atomic E-state index is -0.311. The first-order valence-electron chi connectivity index (χ1n) is 9.03. The van der Waals surface area contributed by atoms with Crippen LogP contribution >= 0.6 is 15.9 Å². The molecule has 0 aromatic carbocycles. The van der Waals surface area contributed by atoms with E-state index in [0.29, 0.717) is 33.9 Å². The number of fused-ring (bicyclic) bond motifs is 5. The summed E-state index contributed by atoms with van der Waals surface area (Å²) in [5, 5.41) is 21.0. The summed E-state index contributed by atoms with van der Waals surface area (Å²) in [5.41, 5.74) is 0.590. The van der Waals surface area contributed by atoms with E-state index in [4.69, 9.17) is 0 Å². The molecule has 4 aliphatic rings. The van der Waals surface area contributed by atoms with E-state index in [0.717, 1.165) is 12.8 Å². The van der Waals surface area contributed by atoms with Crippen molar-refractivity contribution in [2.75, 3.05) is 0 Å². The first-order chi connectivity index (χ1) is 10.3. The van der Waals surface area contributed by atoms with Gasteiger partial charge in [0.05, 0.1) is 12.2 Å². The molecule has 9 atom stereocenters. The van der Waals surface area contributed by atoms with Crippen LogP contribution in [0.15, 0.2) is 12.2 Å². The van der Waals surface area contributed by atoms with Gasteiger partial charge >= 0.3 is 0 Å². The van der Waals surface area contributed by atoms with Crippen molar-refractivity contribution in [2.24, 2.45) is 34.5 Å². The molecule has 0 amide bonds. The minimum absolute atomic E-state index is 0.175. The molecule has 0 radical (unpaired) electrons. The Balaban J connectivity index is 1.71. The second-order valence-corrected chi connectivity index (χ2v) is 10.3. The van der Waals surface area contributed by atoms with Gasteiger partial charge in [0.2, 0.25) is 0 Å². The van der Waals surface area contributed by atoms with E-state index in [2.05, 4.69) is 35.9 Å². The van der Waals surface area contributed by atoms with Gasteiger partial charge in [-0.3, -0.25) is 0 Å². The van der Waals surface area contributed by atoms with Crippen LogP contribution in [0.2, 0.25) is 0 Å². The second kappa shape index (κ2) is 5.07. The molecule has 22 heavy (non-hydrogen) atoms. The molecule has 0 heterocycles. The molecular weight excluding hydrogens is 340 g/mol. The molecule has 0 aromatic heterocycles. The van der Waals surface area contributed by atoms with Crippen molar-refractivity contribution in [1.82, 2.24) is 0 Å². The van der Waals surface area contributed by atoms with Crippen molar-refractivity contribution in [3.8, 4) is 0 Å². The second-order valence-electron chi connectivity index (χ2n) is 9.05. The van der Waals surface area contributed by atoms with Crippen LogP contribution in [0.25, 0.3) is 0 Å².